The Balaban J connectivity index is 1.97. The van der Waals surface area contributed by atoms with Gasteiger partial charge in [0.2, 0.25) is 0 Å². The molecule has 0 N–H and O–H groups in total. The minimum absolute atomic E-state index is 0.0140. The molecule has 5 heteroatoms. The smallest absolute Gasteiger partial charge is 0.254 e. The third-order valence-electron chi connectivity index (χ3n) is 3.30. The Labute approximate surface area is 110 Å². The fraction of sp³-hybridized carbons (Fsp3) is 0.357. The molecule has 0 unspecified atom stereocenters. The van der Waals surface area contributed by atoms with Crippen LogP contribution in [0.15, 0.2) is 28.9 Å². The van der Waals surface area contributed by atoms with Gasteiger partial charge in [0.05, 0.1) is 32.0 Å². The number of carbonyl (C=O) groups is 1. The number of fused-ring (bicyclic) bond motifs is 1. The quantitative estimate of drug-likeness (QED) is 0.828. The molecule has 3 rings (SSSR count). The second-order valence-corrected chi connectivity index (χ2v) is 4.42. The van der Waals surface area contributed by atoms with Crippen molar-refractivity contribution in [3.63, 3.8) is 0 Å². The van der Waals surface area contributed by atoms with E-state index in [2.05, 4.69) is 0 Å². The van der Waals surface area contributed by atoms with Gasteiger partial charge in [-0.3, -0.25) is 4.79 Å². The zero-order valence-corrected chi connectivity index (χ0v) is 10.7. The maximum absolute atomic E-state index is 12.4. The number of nitrogens with zero attached hydrogens (tertiary/aromatic N) is 1. The highest BCUT2D eigenvalue weighted by molar-refractivity contribution is 5.99. The zero-order valence-electron chi connectivity index (χ0n) is 10.7. The largest absolute Gasteiger partial charge is 0.496 e. The lowest BCUT2D eigenvalue weighted by molar-refractivity contribution is 0.0303. The van der Waals surface area contributed by atoms with Gasteiger partial charge in [-0.05, 0) is 18.2 Å². The summed E-state index contributed by atoms with van der Waals surface area (Å²) in [6.45, 7) is 2.42. The minimum Gasteiger partial charge on any atom is -0.496 e. The van der Waals surface area contributed by atoms with Crippen molar-refractivity contribution >= 4 is 16.9 Å². The molecule has 0 aliphatic carbocycles. The van der Waals surface area contributed by atoms with Crippen molar-refractivity contribution < 1.29 is 18.7 Å². The molecule has 1 saturated heterocycles. The lowest BCUT2D eigenvalue weighted by Crippen LogP contribution is -2.40. The second kappa shape index (κ2) is 4.93. The van der Waals surface area contributed by atoms with E-state index in [0.29, 0.717) is 43.2 Å². The molecule has 100 valence electrons. The van der Waals surface area contributed by atoms with Crippen molar-refractivity contribution in [2.24, 2.45) is 0 Å². The van der Waals surface area contributed by atoms with Crippen LogP contribution >= 0.6 is 0 Å². The van der Waals surface area contributed by atoms with E-state index in [4.69, 9.17) is 13.9 Å². The van der Waals surface area contributed by atoms with E-state index in [1.54, 1.807) is 30.4 Å². The van der Waals surface area contributed by atoms with Crippen molar-refractivity contribution in [3.05, 3.63) is 30.0 Å². The highest BCUT2D eigenvalue weighted by Gasteiger charge is 2.20. The van der Waals surface area contributed by atoms with Gasteiger partial charge in [-0.25, -0.2) is 0 Å². The van der Waals surface area contributed by atoms with E-state index in [-0.39, 0.29) is 5.91 Å². The predicted octanol–water partition coefficient (Wildman–Crippen LogP) is 1.91. The van der Waals surface area contributed by atoms with Crippen molar-refractivity contribution in [1.29, 1.82) is 0 Å². The average Bonchev–Trinajstić information content (AvgIpc) is 2.94. The van der Waals surface area contributed by atoms with Crippen LogP contribution < -0.4 is 4.74 Å². The summed E-state index contributed by atoms with van der Waals surface area (Å²) in [6.07, 6.45) is 1.59. The molecule has 0 spiro atoms. The number of carbonyl (C=O) groups excluding carboxylic acids is 1. The summed E-state index contributed by atoms with van der Waals surface area (Å²) >= 11 is 0. The van der Waals surface area contributed by atoms with Gasteiger partial charge in [0, 0.05) is 18.7 Å². The van der Waals surface area contributed by atoms with Gasteiger partial charge in [0.25, 0.3) is 5.91 Å². The van der Waals surface area contributed by atoms with Gasteiger partial charge in [0.1, 0.15) is 11.3 Å². The molecule has 19 heavy (non-hydrogen) atoms. The van der Waals surface area contributed by atoms with E-state index in [1.165, 1.54) is 0 Å². The van der Waals surface area contributed by atoms with Gasteiger partial charge in [0.15, 0.2) is 0 Å². The van der Waals surface area contributed by atoms with Gasteiger partial charge in [-0.1, -0.05) is 0 Å². The van der Waals surface area contributed by atoms with Crippen molar-refractivity contribution in [2.45, 2.75) is 0 Å². The monoisotopic (exact) mass is 261 g/mol. The van der Waals surface area contributed by atoms with Crippen molar-refractivity contribution in [1.82, 2.24) is 4.90 Å². The molecule has 2 heterocycles. The molecule has 1 aliphatic heterocycles. The number of hydrogen-bond acceptors (Lipinski definition) is 4. The van der Waals surface area contributed by atoms with Crippen LogP contribution in [-0.4, -0.2) is 44.2 Å². The Morgan fingerprint density at radius 2 is 2.11 bits per heavy atom. The van der Waals surface area contributed by atoms with Crippen LogP contribution in [-0.2, 0) is 4.74 Å². The Morgan fingerprint density at radius 1 is 1.32 bits per heavy atom. The van der Waals surface area contributed by atoms with Crippen LogP contribution in [0.1, 0.15) is 10.4 Å². The summed E-state index contributed by atoms with van der Waals surface area (Å²) in [6, 6.07) is 5.35. The number of rotatable bonds is 2. The summed E-state index contributed by atoms with van der Waals surface area (Å²) in [5.74, 6) is 0.641. The van der Waals surface area contributed by atoms with Crippen LogP contribution in [0.5, 0.6) is 5.75 Å². The van der Waals surface area contributed by atoms with E-state index in [1.807, 2.05) is 6.07 Å². The topological polar surface area (TPSA) is 51.9 Å². The van der Waals surface area contributed by atoms with Crippen LogP contribution in [0.25, 0.3) is 11.0 Å². The Bertz CT molecular complexity index is 599. The first-order valence-corrected chi connectivity index (χ1v) is 6.22. The number of morpholine rings is 1. The summed E-state index contributed by atoms with van der Waals surface area (Å²) in [4.78, 5) is 14.2. The molecule has 1 aromatic carbocycles. The number of ether oxygens (including phenoxy) is 2. The van der Waals surface area contributed by atoms with Crippen molar-refractivity contribution in [2.75, 3.05) is 33.4 Å². The maximum atomic E-state index is 12.4. The molecular formula is C14H15NO4. The second-order valence-electron chi connectivity index (χ2n) is 4.42. The fourth-order valence-corrected chi connectivity index (χ4v) is 2.28. The normalized spacial score (nSPS) is 15.7. The van der Waals surface area contributed by atoms with E-state index in [0.717, 1.165) is 5.39 Å². The number of furan rings is 1. The molecule has 1 fully saturated rings. The molecule has 0 atom stereocenters. The standard InChI is InChI=1S/C14H15NO4/c1-17-12-8-10(9-13-11(12)2-5-19-13)14(16)15-3-6-18-7-4-15/h2,5,8-9H,3-4,6-7H2,1H3. The Hall–Kier alpha value is -2.01. The Kier molecular flexibility index (Phi) is 3.13. The third-order valence-corrected chi connectivity index (χ3v) is 3.30. The SMILES string of the molecule is COc1cc(C(=O)N2CCOCC2)cc2occc12. The van der Waals surface area contributed by atoms with Crippen LogP contribution in [0.4, 0.5) is 0 Å². The van der Waals surface area contributed by atoms with Crippen LogP contribution in [0.2, 0.25) is 0 Å². The van der Waals surface area contributed by atoms with Gasteiger partial charge in [-0.2, -0.15) is 0 Å². The minimum atomic E-state index is -0.0140. The van der Waals surface area contributed by atoms with Crippen molar-refractivity contribution in [3.8, 4) is 5.75 Å². The molecule has 2 aromatic rings. The molecular weight excluding hydrogens is 246 g/mol. The average molecular weight is 261 g/mol. The molecule has 1 aliphatic rings. The number of amides is 1. The van der Waals surface area contributed by atoms with Gasteiger partial charge in [-0.15, -0.1) is 0 Å². The first-order chi connectivity index (χ1) is 9.29. The molecule has 1 amide bonds. The van der Waals surface area contributed by atoms with Crippen LogP contribution in [0, 0.1) is 0 Å². The summed E-state index contributed by atoms with van der Waals surface area (Å²) in [7, 11) is 1.59. The summed E-state index contributed by atoms with van der Waals surface area (Å²) < 4.78 is 15.9. The predicted molar refractivity (Wildman–Crippen MR) is 69.5 cm³/mol. The third kappa shape index (κ3) is 2.17. The zero-order chi connectivity index (χ0) is 13.2. The lowest BCUT2D eigenvalue weighted by Gasteiger charge is -2.27. The van der Waals surface area contributed by atoms with E-state index < -0.39 is 0 Å². The summed E-state index contributed by atoms with van der Waals surface area (Å²) in [5, 5.41) is 0.876. The number of benzene rings is 1. The maximum Gasteiger partial charge on any atom is 0.254 e. The molecule has 1 aromatic heterocycles. The first-order valence-electron chi connectivity index (χ1n) is 6.22. The first kappa shape index (κ1) is 12.0. The van der Waals surface area contributed by atoms with Gasteiger partial charge < -0.3 is 18.8 Å². The van der Waals surface area contributed by atoms with E-state index >= 15 is 0 Å². The van der Waals surface area contributed by atoms with Gasteiger partial charge >= 0.3 is 0 Å². The molecule has 0 saturated carbocycles. The molecule has 0 radical (unpaired) electrons. The number of hydrogen-bond donors (Lipinski definition) is 0. The number of methoxy groups -OCH3 is 1. The Morgan fingerprint density at radius 3 is 2.84 bits per heavy atom. The fourth-order valence-electron chi connectivity index (χ4n) is 2.28. The highest BCUT2D eigenvalue weighted by atomic mass is 16.5. The van der Waals surface area contributed by atoms with E-state index in [9.17, 15) is 4.79 Å². The summed E-state index contributed by atoms with van der Waals surface area (Å²) in [5.41, 5.74) is 1.25. The molecule has 0 bridgehead atoms. The highest BCUT2D eigenvalue weighted by Crippen LogP contribution is 2.29. The van der Waals surface area contributed by atoms with Crippen LogP contribution in [0.3, 0.4) is 0 Å². The lowest BCUT2D eigenvalue weighted by atomic mass is 10.1. The molecule has 5 nitrogen and oxygen atoms in total.